The lowest BCUT2D eigenvalue weighted by Gasteiger charge is -2.09. The molecule has 0 spiro atoms. The fourth-order valence-corrected chi connectivity index (χ4v) is 1.83. The number of alkyl halides is 1. The summed E-state index contributed by atoms with van der Waals surface area (Å²) in [6.07, 6.45) is 0. The summed E-state index contributed by atoms with van der Waals surface area (Å²) in [4.78, 5) is 11.0. The molecule has 1 N–H and O–H groups in total. The summed E-state index contributed by atoms with van der Waals surface area (Å²) in [5.41, 5.74) is 0.508. The third-order valence-electron chi connectivity index (χ3n) is 2.10. The van der Waals surface area contributed by atoms with Crippen LogP contribution in [0.25, 0.3) is 0 Å². The lowest BCUT2D eigenvalue weighted by molar-refractivity contribution is -0.140. The number of benzene rings is 1. The smallest absolute Gasteiger partial charge is 0.325 e. The number of nitrogens with one attached hydrogen (secondary N) is 1. The van der Waals surface area contributed by atoms with Gasteiger partial charge in [0, 0.05) is 23.1 Å². The Bertz CT molecular complexity index is 403. The molecule has 0 heterocycles. The van der Waals surface area contributed by atoms with Gasteiger partial charge in [0.25, 0.3) is 0 Å². The van der Waals surface area contributed by atoms with Crippen molar-refractivity contribution in [2.75, 3.05) is 13.7 Å². The van der Waals surface area contributed by atoms with Crippen molar-refractivity contribution in [3.8, 4) is 0 Å². The molecule has 94 valence electrons. The van der Waals surface area contributed by atoms with Crippen LogP contribution in [0.1, 0.15) is 5.56 Å². The van der Waals surface area contributed by atoms with Crippen LogP contribution in [0.5, 0.6) is 0 Å². The Morgan fingerprint density at radius 1 is 1.65 bits per heavy atom. The number of ether oxygens (including phenoxy) is 1. The molecule has 0 amide bonds. The van der Waals surface area contributed by atoms with Crippen molar-refractivity contribution in [3.05, 3.63) is 34.1 Å². The zero-order valence-corrected chi connectivity index (χ0v) is 11.5. The summed E-state index contributed by atoms with van der Waals surface area (Å²) < 4.78 is 18.6. The van der Waals surface area contributed by atoms with Gasteiger partial charge >= 0.3 is 5.97 Å². The zero-order valence-electron chi connectivity index (χ0n) is 9.17. The van der Waals surface area contributed by atoms with Crippen LogP contribution in [0.2, 0.25) is 0 Å². The van der Waals surface area contributed by atoms with Crippen molar-refractivity contribution in [1.29, 1.82) is 0 Å². The molecule has 6 heteroatoms. The molecule has 17 heavy (non-hydrogen) atoms. The van der Waals surface area contributed by atoms with Gasteiger partial charge in [-0.25, -0.2) is 4.39 Å². The summed E-state index contributed by atoms with van der Waals surface area (Å²) in [6.45, 7) is 0.520. The van der Waals surface area contributed by atoms with Crippen molar-refractivity contribution < 1.29 is 13.9 Å². The van der Waals surface area contributed by atoms with Crippen molar-refractivity contribution >= 4 is 33.5 Å². The lowest BCUT2D eigenvalue weighted by Crippen LogP contribution is -2.30. The maximum absolute atomic E-state index is 13.3. The fraction of sp³-hybridized carbons (Fsp3) is 0.364. The Labute approximate surface area is 112 Å². The largest absolute Gasteiger partial charge is 0.468 e. The van der Waals surface area contributed by atoms with Gasteiger partial charge in [0.05, 0.1) is 7.11 Å². The van der Waals surface area contributed by atoms with Gasteiger partial charge in [-0.3, -0.25) is 4.79 Å². The standard InChI is InChI=1S/C11H12BrClFNO2/c1-17-11(16)9(13)6-15-5-7-4-8(12)2-3-10(7)14/h2-4,9,15H,5-6H2,1H3. The van der Waals surface area contributed by atoms with Crippen LogP contribution in [0.3, 0.4) is 0 Å². The molecule has 0 aromatic heterocycles. The number of rotatable bonds is 5. The number of esters is 1. The SMILES string of the molecule is COC(=O)C(Cl)CNCc1cc(Br)ccc1F. The Kier molecular flexibility index (Phi) is 5.88. The zero-order chi connectivity index (χ0) is 12.8. The van der Waals surface area contributed by atoms with E-state index < -0.39 is 11.3 Å². The van der Waals surface area contributed by atoms with Crippen molar-refractivity contribution in [2.45, 2.75) is 11.9 Å². The van der Waals surface area contributed by atoms with Crippen LogP contribution in [0, 0.1) is 5.82 Å². The summed E-state index contributed by atoms with van der Waals surface area (Å²) in [6, 6.07) is 4.67. The van der Waals surface area contributed by atoms with Crippen LogP contribution < -0.4 is 5.32 Å². The number of halogens is 3. The first-order valence-electron chi connectivity index (χ1n) is 4.91. The van der Waals surface area contributed by atoms with Gasteiger partial charge in [0.15, 0.2) is 0 Å². The first-order valence-corrected chi connectivity index (χ1v) is 6.14. The second-order valence-electron chi connectivity index (χ2n) is 3.36. The minimum atomic E-state index is -0.768. The number of carbonyl (C=O) groups excluding carboxylic acids is 1. The van der Waals surface area contributed by atoms with Crippen LogP contribution in [-0.2, 0) is 16.1 Å². The van der Waals surface area contributed by atoms with Crippen LogP contribution >= 0.6 is 27.5 Å². The molecule has 0 bridgehead atoms. The molecule has 0 saturated carbocycles. The maximum Gasteiger partial charge on any atom is 0.325 e. The highest BCUT2D eigenvalue weighted by atomic mass is 79.9. The predicted molar refractivity (Wildman–Crippen MR) is 67.5 cm³/mol. The molecule has 0 saturated heterocycles. The minimum absolute atomic E-state index is 0.222. The number of hydrogen-bond acceptors (Lipinski definition) is 3. The number of hydrogen-bond donors (Lipinski definition) is 1. The van der Waals surface area contributed by atoms with Crippen LogP contribution in [0.4, 0.5) is 4.39 Å². The highest BCUT2D eigenvalue weighted by molar-refractivity contribution is 9.10. The maximum atomic E-state index is 13.3. The highest BCUT2D eigenvalue weighted by Gasteiger charge is 2.15. The molecule has 0 aliphatic rings. The van der Waals surface area contributed by atoms with Gasteiger partial charge in [0.2, 0.25) is 0 Å². The van der Waals surface area contributed by atoms with E-state index in [0.29, 0.717) is 12.1 Å². The van der Waals surface area contributed by atoms with Gasteiger partial charge in [0.1, 0.15) is 11.2 Å². The number of carbonyl (C=O) groups is 1. The first kappa shape index (κ1) is 14.4. The molecular formula is C11H12BrClFNO2. The van der Waals surface area contributed by atoms with Gasteiger partial charge in [-0.1, -0.05) is 15.9 Å². The van der Waals surface area contributed by atoms with E-state index in [4.69, 9.17) is 11.6 Å². The molecule has 1 rings (SSSR count). The van der Waals surface area contributed by atoms with Crippen molar-refractivity contribution in [3.63, 3.8) is 0 Å². The summed E-state index contributed by atoms with van der Waals surface area (Å²) in [5.74, 6) is -0.807. The summed E-state index contributed by atoms with van der Waals surface area (Å²) in [7, 11) is 1.27. The van der Waals surface area contributed by atoms with Gasteiger partial charge < -0.3 is 10.1 Å². The summed E-state index contributed by atoms with van der Waals surface area (Å²) >= 11 is 8.99. The molecule has 3 nitrogen and oxygen atoms in total. The van der Waals surface area contributed by atoms with E-state index in [-0.39, 0.29) is 12.4 Å². The predicted octanol–water partition coefficient (Wildman–Crippen LogP) is 2.46. The Hall–Kier alpha value is -0.650. The van der Waals surface area contributed by atoms with E-state index in [1.807, 2.05) is 0 Å². The van der Waals surface area contributed by atoms with E-state index in [0.717, 1.165) is 4.47 Å². The third kappa shape index (κ3) is 4.61. The average Bonchev–Trinajstić information content (AvgIpc) is 2.32. The molecular weight excluding hydrogens is 312 g/mol. The average molecular weight is 325 g/mol. The summed E-state index contributed by atoms with van der Waals surface area (Å²) in [5, 5.41) is 2.12. The van der Waals surface area contributed by atoms with E-state index in [1.54, 1.807) is 12.1 Å². The lowest BCUT2D eigenvalue weighted by atomic mass is 10.2. The van der Waals surface area contributed by atoms with Gasteiger partial charge in [-0.15, -0.1) is 11.6 Å². The quantitative estimate of drug-likeness (QED) is 0.668. The molecule has 0 aliphatic heterocycles. The molecule has 1 unspecified atom stereocenters. The molecule has 1 atom stereocenters. The minimum Gasteiger partial charge on any atom is -0.468 e. The van der Waals surface area contributed by atoms with Crippen molar-refractivity contribution in [1.82, 2.24) is 5.32 Å². The highest BCUT2D eigenvalue weighted by Crippen LogP contribution is 2.15. The second-order valence-corrected chi connectivity index (χ2v) is 4.80. The molecule has 1 aromatic carbocycles. The van der Waals surface area contributed by atoms with E-state index in [9.17, 15) is 9.18 Å². The van der Waals surface area contributed by atoms with Crippen molar-refractivity contribution in [2.24, 2.45) is 0 Å². The first-order chi connectivity index (χ1) is 8.04. The van der Waals surface area contributed by atoms with Crippen LogP contribution in [-0.4, -0.2) is 25.0 Å². The fourth-order valence-electron chi connectivity index (χ4n) is 1.22. The number of methoxy groups -OCH3 is 1. The Morgan fingerprint density at radius 2 is 2.35 bits per heavy atom. The second kappa shape index (κ2) is 6.93. The Balaban J connectivity index is 2.45. The topological polar surface area (TPSA) is 38.3 Å². The van der Waals surface area contributed by atoms with Gasteiger partial charge in [-0.05, 0) is 18.2 Å². The van der Waals surface area contributed by atoms with Gasteiger partial charge in [-0.2, -0.15) is 0 Å². The molecule has 1 aromatic rings. The monoisotopic (exact) mass is 323 g/mol. The van der Waals surface area contributed by atoms with E-state index >= 15 is 0 Å². The molecule has 0 fully saturated rings. The third-order valence-corrected chi connectivity index (χ3v) is 2.93. The van der Waals surface area contributed by atoms with E-state index in [2.05, 4.69) is 26.0 Å². The Morgan fingerprint density at radius 3 is 3.00 bits per heavy atom. The van der Waals surface area contributed by atoms with E-state index in [1.165, 1.54) is 13.2 Å². The molecule has 0 aliphatic carbocycles. The normalized spacial score (nSPS) is 12.2. The van der Waals surface area contributed by atoms with Crippen LogP contribution in [0.15, 0.2) is 22.7 Å². The molecule has 0 radical (unpaired) electrons.